The van der Waals surface area contributed by atoms with Gasteiger partial charge in [-0.15, -0.1) is 0 Å². The van der Waals surface area contributed by atoms with Crippen molar-refractivity contribution < 1.29 is 4.21 Å². The van der Waals surface area contributed by atoms with Gasteiger partial charge in [0.2, 0.25) is 0 Å². The van der Waals surface area contributed by atoms with Gasteiger partial charge < -0.3 is 5.73 Å². The van der Waals surface area contributed by atoms with Crippen molar-refractivity contribution >= 4 is 10.8 Å². The molecule has 78 valence electrons. The second-order valence-electron chi connectivity index (χ2n) is 3.58. The first-order valence-corrected chi connectivity index (χ1v) is 6.12. The van der Waals surface area contributed by atoms with Gasteiger partial charge >= 0.3 is 0 Å². The van der Waals surface area contributed by atoms with E-state index in [2.05, 4.69) is 0 Å². The molecule has 1 rings (SSSR count). The van der Waals surface area contributed by atoms with Gasteiger partial charge in [-0.2, -0.15) is 0 Å². The molecule has 1 aromatic carbocycles. The highest BCUT2D eigenvalue weighted by atomic mass is 32.2. The van der Waals surface area contributed by atoms with Crippen LogP contribution >= 0.6 is 0 Å². The van der Waals surface area contributed by atoms with Crippen molar-refractivity contribution in [3.8, 4) is 0 Å². The standard InChI is InChI=1S/C11H17NOS/c1-9-5-3-4-6-11(9)14(13)8-7-10(2)12/h3-6,10H,7-8,12H2,1-2H3. The van der Waals surface area contributed by atoms with E-state index in [1.807, 2.05) is 38.1 Å². The highest BCUT2D eigenvalue weighted by Gasteiger charge is 2.06. The molecular formula is C11H17NOS. The summed E-state index contributed by atoms with van der Waals surface area (Å²) in [5.74, 6) is 0.655. The molecule has 2 unspecified atom stereocenters. The summed E-state index contributed by atoms with van der Waals surface area (Å²) in [5, 5.41) is 0. The Morgan fingerprint density at radius 1 is 1.43 bits per heavy atom. The molecule has 0 fully saturated rings. The van der Waals surface area contributed by atoms with Gasteiger partial charge in [0.15, 0.2) is 0 Å². The van der Waals surface area contributed by atoms with E-state index in [0.29, 0.717) is 5.75 Å². The van der Waals surface area contributed by atoms with Gasteiger partial charge in [-0.3, -0.25) is 4.21 Å². The molecule has 0 heterocycles. The van der Waals surface area contributed by atoms with E-state index in [1.165, 1.54) is 0 Å². The molecule has 0 bridgehead atoms. The maximum absolute atomic E-state index is 11.8. The van der Waals surface area contributed by atoms with Crippen LogP contribution in [-0.2, 0) is 10.8 Å². The van der Waals surface area contributed by atoms with Gasteiger partial charge in [0.25, 0.3) is 0 Å². The molecule has 0 amide bonds. The first kappa shape index (κ1) is 11.4. The zero-order valence-corrected chi connectivity index (χ0v) is 9.51. The van der Waals surface area contributed by atoms with Crippen LogP contribution in [0.2, 0.25) is 0 Å². The van der Waals surface area contributed by atoms with E-state index in [1.54, 1.807) is 0 Å². The Bertz CT molecular complexity index is 323. The summed E-state index contributed by atoms with van der Waals surface area (Å²) in [6.07, 6.45) is 0.806. The lowest BCUT2D eigenvalue weighted by Gasteiger charge is -2.07. The molecule has 2 atom stereocenters. The lowest BCUT2D eigenvalue weighted by molar-refractivity contribution is 0.667. The topological polar surface area (TPSA) is 43.1 Å². The summed E-state index contributed by atoms with van der Waals surface area (Å²) >= 11 is 0. The SMILES string of the molecule is Cc1ccccc1S(=O)CCC(C)N. The van der Waals surface area contributed by atoms with Crippen LogP contribution in [-0.4, -0.2) is 16.0 Å². The molecule has 0 aliphatic heterocycles. The van der Waals surface area contributed by atoms with Crippen molar-refractivity contribution in [1.82, 2.24) is 0 Å². The summed E-state index contributed by atoms with van der Waals surface area (Å²) in [7, 11) is -0.896. The first-order valence-electron chi connectivity index (χ1n) is 4.81. The Morgan fingerprint density at radius 2 is 2.07 bits per heavy atom. The number of aryl methyl sites for hydroxylation is 1. The van der Waals surface area contributed by atoms with Crippen molar-refractivity contribution in [2.75, 3.05) is 5.75 Å². The fourth-order valence-electron chi connectivity index (χ4n) is 1.21. The summed E-state index contributed by atoms with van der Waals surface area (Å²) in [6.45, 7) is 3.92. The molecule has 0 saturated heterocycles. The zero-order chi connectivity index (χ0) is 10.6. The van der Waals surface area contributed by atoms with Gasteiger partial charge in [0, 0.05) is 16.7 Å². The third kappa shape index (κ3) is 3.24. The average Bonchev–Trinajstić information content (AvgIpc) is 2.15. The molecule has 1 aromatic rings. The Morgan fingerprint density at radius 3 is 2.64 bits per heavy atom. The average molecular weight is 211 g/mol. The van der Waals surface area contributed by atoms with Gasteiger partial charge in [-0.05, 0) is 31.9 Å². The molecule has 0 spiro atoms. The van der Waals surface area contributed by atoms with Crippen LogP contribution in [0.3, 0.4) is 0 Å². The van der Waals surface area contributed by atoms with E-state index >= 15 is 0 Å². The molecule has 0 aliphatic rings. The molecule has 0 aromatic heterocycles. The van der Waals surface area contributed by atoms with Crippen molar-refractivity contribution in [2.45, 2.75) is 31.2 Å². The number of hydrogen-bond acceptors (Lipinski definition) is 2. The molecule has 2 N–H and O–H groups in total. The molecule has 14 heavy (non-hydrogen) atoms. The lowest BCUT2D eigenvalue weighted by atomic mass is 10.2. The van der Waals surface area contributed by atoms with Gasteiger partial charge in [-0.25, -0.2) is 0 Å². The fraction of sp³-hybridized carbons (Fsp3) is 0.455. The third-order valence-corrected chi connectivity index (χ3v) is 3.65. The van der Waals surface area contributed by atoms with Gasteiger partial charge in [-0.1, -0.05) is 18.2 Å². The van der Waals surface area contributed by atoms with Crippen molar-refractivity contribution in [3.05, 3.63) is 29.8 Å². The quantitative estimate of drug-likeness (QED) is 0.825. The van der Waals surface area contributed by atoms with Gasteiger partial charge in [0.1, 0.15) is 0 Å². The monoisotopic (exact) mass is 211 g/mol. The van der Waals surface area contributed by atoms with Crippen molar-refractivity contribution in [1.29, 1.82) is 0 Å². The summed E-state index contributed by atoms with van der Waals surface area (Å²) in [5.41, 5.74) is 6.72. The Labute approximate surface area is 88.0 Å². The second kappa shape index (κ2) is 5.27. The minimum Gasteiger partial charge on any atom is -0.328 e. The van der Waals surface area contributed by atoms with Crippen LogP contribution in [0.15, 0.2) is 29.2 Å². The number of benzene rings is 1. The Kier molecular flexibility index (Phi) is 4.29. The molecule has 3 heteroatoms. The van der Waals surface area contributed by atoms with Crippen LogP contribution < -0.4 is 5.73 Å². The second-order valence-corrected chi connectivity index (χ2v) is 5.12. The van der Waals surface area contributed by atoms with E-state index in [4.69, 9.17) is 5.73 Å². The zero-order valence-electron chi connectivity index (χ0n) is 8.69. The maximum atomic E-state index is 11.8. The summed E-state index contributed by atoms with van der Waals surface area (Å²) in [6, 6.07) is 7.92. The highest BCUT2D eigenvalue weighted by Crippen LogP contribution is 2.13. The largest absolute Gasteiger partial charge is 0.328 e. The number of rotatable bonds is 4. The van der Waals surface area contributed by atoms with Crippen LogP contribution in [0.4, 0.5) is 0 Å². The van der Waals surface area contributed by atoms with Gasteiger partial charge in [0.05, 0.1) is 10.8 Å². The molecule has 2 nitrogen and oxygen atoms in total. The van der Waals surface area contributed by atoms with E-state index < -0.39 is 10.8 Å². The fourth-order valence-corrected chi connectivity index (χ4v) is 2.68. The van der Waals surface area contributed by atoms with Crippen LogP contribution in [0.5, 0.6) is 0 Å². The molecule has 0 radical (unpaired) electrons. The third-order valence-electron chi connectivity index (χ3n) is 2.10. The van der Waals surface area contributed by atoms with E-state index in [0.717, 1.165) is 16.9 Å². The summed E-state index contributed by atoms with van der Waals surface area (Å²) < 4.78 is 11.8. The molecule has 0 aliphatic carbocycles. The van der Waals surface area contributed by atoms with E-state index in [9.17, 15) is 4.21 Å². The number of nitrogens with two attached hydrogens (primary N) is 1. The minimum atomic E-state index is -0.896. The predicted molar refractivity (Wildman–Crippen MR) is 60.7 cm³/mol. The van der Waals surface area contributed by atoms with Crippen LogP contribution in [0, 0.1) is 6.92 Å². The lowest BCUT2D eigenvalue weighted by Crippen LogP contribution is -2.18. The smallest absolute Gasteiger partial charge is 0.0532 e. The van der Waals surface area contributed by atoms with Crippen molar-refractivity contribution in [3.63, 3.8) is 0 Å². The van der Waals surface area contributed by atoms with Crippen molar-refractivity contribution in [2.24, 2.45) is 5.73 Å². The molecule has 0 saturated carbocycles. The molecular weight excluding hydrogens is 194 g/mol. The highest BCUT2D eigenvalue weighted by molar-refractivity contribution is 7.85. The summed E-state index contributed by atoms with van der Waals surface area (Å²) in [4.78, 5) is 0.938. The Balaban J connectivity index is 2.65. The minimum absolute atomic E-state index is 0.128. The number of hydrogen-bond donors (Lipinski definition) is 1. The maximum Gasteiger partial charge on any atom is 0.0532 e. The predicted octanol–water partition coefficient (Wildman–Crippen LogP) is 1.84. The van der Waals surface area contributed by atoms with E-state index in [-0.39, 0.29) is 6.04 Å². The normalized spacial score (nSPS) is 15.1. The Hall–Kier alpha value is -0.670. The van der Waals surface area contributed by atoms with Crippen LogP contribution in [0.1, 0.15) is 18.9 Å². The first-order chi connectivity index (χ1) is 6.61. The van der Waals surface area contributed by atoms with Crippen LogP contribution in [0.25, 0.3) is 0 Å².